The molecule has 1 aromatic rings. The Balaban J connectivity index is 2.57. The SMILES string of the molecule is CC1(C)OCc2ccc(Br)cc21. The van der Waals surface area contributed by atoms with E-state index >= 15 is 0 Å². The van der Waals surface area contributed by atoms with Crippen LogP contribution in [0.5, 0.6) is 0 Å². The first-order valence-electron chi connectivity index (χ1n) is 4.02. The molecule has 0 aliphatic carbocycles. The van der Waals surface area contributed by atoms with Crippen molar-refractivity contribution in [3.8, 4) is 0 Å². The first-order chi connectivity index (χ1) is 5.59. The summed E-state index contributed by atoms with van der Waals surface area (Å²) in [4.78, 5) is 0. The maximum atomic E-state index is 5.64. The molecule has 2 heteroatoms. The molecule has 0 amide bonds. The molecule has 1 aromatic carbocycles. The summed E-state index contributed by atoms with van der Waals surface area (Å²) in [5, 5.41) is 0. The second kappa shape index (κ2) is 2.57. The predicted molar refractivity (Wildman–Crippen MR) is 52.0 cm³/mol. The van der Waals surface area contributed by atoms with Crippen molar-refractivity contribution < 1.29 is 4.74 Å². The minimum atomic E-state index is -0.112. The number of halogens is 1. The summed E-state index contributed by atoms with van der Waals surface area (Å²) < 4.78 is 6.77. The molecule has 0 fully saturated rings. The van der Waals surface area contributed by atoms with Crippen LogP contribution in [0.4, 0.5) is 0 Å². The Hall–Kier alpha value is -0.340. The Kier molecular flexibility index (Phi) is 1.77. The van der Waals surface area contributed by atoms with Crippen molar-refractivity contribution in [3.05, 3.63) is 33.8 Å². The van der Waals surface area contributed by atoms with E-state index in [9.17, 15) is 0 Å². The van der Waals surface area contributed by atoms with Crippen molar-refractivity contribution in [2.75, 3.05) is 0 Å². The Morgan fingerprint density at radius 1 is 1.42 bits per heavy atom. The monoisotopic (exact) mass is 226 g/mol. The van der Waals surface area contributed by atoms with E-state index in [1.165, 1.54) is 11.1 Å². The lowest BCUT2D eigenvalue weighted by atomic mass is 9.96. The molecule has 0 bridgehead atoms. The summed E-state index contributed by atoms with van der Waals surface area (Å²) in [6, 6.07) is 6.32. The smallest absolute Gasteiger partial charge is 0.0883 e. The van der Waals surface area contributed by atoms with Gasteiger partial charge in [0.2, 0.25) is 0 Å². The lowest BCUT2D eigenvalue weighted by molar-refractivity contribution is -0.00791. The zero-order valence-electron chi connectivity index (χ0n) is 7.23. The van der Waals surface area contributed by atoms with Crippen molar-refractivity contribution >= 4 is 15.9 Å². The summed E-state index contributed by atoms with van der Waals surface area (Å²) in [6.45, 7) is 4.95. The van der Waals surface area contributed by atoms with Gasteiger partial charge in [0.15, 0.2) is 0 Å². The molecule has 1 nitrogen and oxygen atoms in total. The normalized spacial score (nSPS) is 19.2. The maximum Gasteiger partial charge on any atom is 0.0883 e. The molecule has 1 aliphatic rings. The van der Waals surface area contributed by atoms with Gasteiger partial charge in [-0.25, -0.2) is 0 Å². The zero-order chi connectivity index (χ0) is 8.77. The summed E-state index contributed by atoms with van der Waals surface area (Å²) in [5.74, 6) is 0. The molecular formula is C10H11BrO. The fourth-order valence-corrected chi connectivity index (χ4v) is 1.93. The second-order valence-corrected chi connectivity index (χ2v) is 4.52. The van der Waals surface area contributed by atoms with Crippen molar-refractivity contribution in [1.29, 1.82) is 0 Å². The molecule has 0 radical (unpaired) electrons. The molecule has 0 N–H and O–H groups in total. The molecular weight excluding hydrogens is 216 g/mol. The van der Waals surface area contributed by atoms with Gasteiger partial charge in [-0.15, -0.1) is 0 Å². The largest absolute Gasteiger partial charge is 0.366 e. The van der Waals surface area contributed by atoms with Gasteiger partial charge in [0, 0.05) is 4.47 Å². The van der Waals surface area contributed by atoms with Crippen LogP contribution < -0.4 is 0 Å². The highest BCUT2D eigenvalue weighted by Gasteiger charge is 2.30. The zero-order valence-corrected chi connectivity index (χ0v) is 8.81. The highest BCUT2D eigenvalue weighted by Crippen LogP contribution is 2.36. The van der Waals surface area contributed by atoms with Crippen LogP contribution in [0.25, 0.3) is 0 Å². The fraction of sp³-hybridized carbons (Fsp3) is 0.400. The van der Waals surface area contributed by atoms with Crippen LogP contribution in [0.2, 0.25) is 0 Å². The van der Waals surface area contributed by atoms with Crippen LogP contribution in [0, 0.1) is 0 Å². The van der Waals surface area contributed by atoms with Crippen LogP contribution in [0.1, 0.15) is 25.0 Å². The van der Waals surface area contributed by atoms with E-state index < -0.39 is 0 Å². The number of hydrogen-bond acceptors (Lipinski definition) is 1. The van der Waals surface area contributed by atoms with Gasteiger partial charge in [-0.3, -0.25) is 0 Å². The second-order valence-electron chi connectivity index (χ2n) is 3.60. The Morgan fingerprint density at radius 3 is 2.92 bits per heavy atom. The number of hydrogen-bond donors (Lipinski definition) is 0. The van der Waals surface area contributed by atoms with E-state index in [1.54, 1.807) is 0 Å². The van der Waals surface area contributed by atoms with E-state index in [-0.39, 0.29) is 5.60 Å². The van der Waals surface area contributed by atoms with E-state index in [2.05, 4.69) is 48.0 Å². The van der Waals surface area contributed by atoms with Crippen molar-refractivity contribution in [2.24, 2.45) is 0 Å². The predicted octanol–water partition coefficient (Wildman–Crippen LogP) is 3.21. The van der Waals surface area contributed by atoms with Crippen LogP contribution >= 0.6 is 15.9 Å². The van der Waals surface area contributed by atoms with Gasteiger partial charge in [-0.2, -0.15) is 0 Å². The number of rotatable bonds is 0. The first-order valence-corrected chi connectivity index (χ1v) is 4.82. The average Bonchev–Trinajstić information content (AvgIpc) is 2.28. The van der Waals surface area contributed by atoms with Gasteiger partial charge >= 0.3 is 0 Å². The summed E-state index contributed by atoms with van der Waals surface area (Å²) in [5.41, 5.74) is 2.50. The molecule has 0 saturated heterocycles. The minimum absolute atomic E-state index is 0.112. The van der Waals surface area contributed by atoms with Crippen LogP contribution in [-0.4, -0.2) is 0 Å². The molecule has 2 rings (SSSR count). The Morgan fingerprint density at radius 2 is 2.17 bits per heavy atom. The number of fused-ring (bicyclic) bond motifs is 1. The first kappa shape index (κ1) is 8.27. The van der Waals surface area contributed by atoms with Crippen LogP contribution in [-0.2, 0) is 16.9 Å². The molecule has 0 aromatic heterocycles. The third-order valence-electron chi connectivity index (χ3n) is 2.31. The fourth-order valence-electron chi connectivity index (χ4n) is 1.57. The average molecular weight is 227 g/mol. The number of ether oxygens (including phenoxy) is 1. The molecule has 0 atom stereocenters. The van der Waals surface area contributed by atoms with Gasteiger partial charge in [-0.05, 0) is 37.1 Å². The maximum absolute atomic E-state index is 5.64. The third kappa shape index (κ3) is 1.19. The van der Waals surface area contributed by atoms with Gasteiger partial charge in [0.05, 0.1) is 12.2 Å². The van der Waals surface area contributed by atoms with Crippen molar-refractivity contribution in [1.82, 2.24) is 0 Å². The highest BCUT2D eigenvalue weighted by atomic mass is 79.9. The van der Waals surface area contributed by atoms with E-state index in [0.717, 1.165) is 11.1 Å². The lowest BCUT2D eigenvalue weighted by Gasteiger charge is -2.18. The topological polar surface area (TPSA) is 9.23 Å². The minimum Gasteiger partial charge on any atom is -0.366 e. The van der Waals surface area contributed by atoms with Crippen LogP contribution in [0.3, 0.4) is 0 Å². The Bertz CT molecular complexity index is 318. The summed E-state index contributed by atoms with van der Waals surface area (Å²) in [6.07, 6.45) is 0. The van der Waals surface area contributed by atoms with E-state index in [4.69, 9.17) is 4.74 Å². The third-order valence-corrected chi connectivity index (χ3v) is 2.80. The van der Waals surface area contributed by atoms with E-state index in [0.29, 0.717) is 0 Å². The summed E-state index contributed by atoms with van der Waals surface area (Å²) in [7, 11) is 0. The number of benzene rings is 1. The highest BCUT2D eigenvalue weighted by molar-refractivity contribution is 9.10. The molecule has 64 valence electrons. The van der Waals surface area contributed by atoms with Gasteiger partial charge in [0.1, 0.15) is 0 Å². The van der Waals surface area contributed by atoms with Crippen molar-refractivity contribution in [3.63, 3.8) is 0 Å². The standard InChI is InChI=1S/C10H11BrO/c1-10(2)9-5-8(11)4-3-7(9)6-12-10/h3-5H,6H2,1-2H3. The van der Waals surface area contributed by atoms with Gasteiger partial charge < -0.3 is 4.74 Å². The van der Waals surface area contributed by atoms with Gasteiger partial charge in [0.25, 0.3) is 0 Å². The van der Waals surface area contributed by atoms with Crippen molar-refractivity contribution in [2.45, 2.75) is 26.1 Å². The molecule has 0 saturated carbocycles. The quantitative estimate of drug-likeness (QED) is 0.661. The molecule has 12 heavy (non-hydrogen) atoms. The lowest BCUT2D eigenvalue weighted by Crippen LogP contribution is -2.14. The van der Waals surface area contributed by atoms with E-state index in [1.807, 2.05) is 0 Å². The summed E-state index contributed by atoms with van der Waals surface area (Å²) >= 11 is 3.46. The van der Waals surface area contributed by atoms with Crippen LogP contribution in [0.15, 0.2) is 22.7 Å². The molecule has 0 spiro atoms. The Labute approximate surface area is 80.9 Å². The van der Waals surface area contributed by atoms with Gasteiger partial charge in [-0.1, -0.05) is 22.0 Å². The molecule has 1 aliphatic heterocycles. The molecule has 0 unspecified atom stereocenters. The molecule has 1 heterocycles.